The smallest absolute Gasteiger partial charge is 0.219 e. The van der Waals surface area contributed by atoms with E-state index in [0.29, 0.717) is 0 Å². The molecule has 1 saturated heterocycles. The van der Waals surface area contributed by atoms with Gasteiger partial charge in [0.15, 0.2) is 5.65 Å². The molecule has 25 heavy (non-hydrogen) atoms. The van der Waals surface area contributed by atoms with Crippen LogP contribution in [-0.4, -0.2) is 61.9 Å². The fourth-order valence-electron chi connectivity index (χ4n) is 3.28. The van der Waals surface area contributed by atoms with Gasteiger partial charge in [-0.25, -0.2) is 0 Å². The summed E-state index contributed by atoms with van der Waals surface area (Å²) in [6.45, 7) is 5.68. The molecule has 0 saturated carbocycles. The number of nitrogens with zero attached hydrogens (tertiary/aromatic N) is 6. The minimum absolute atomic E-state index is 0.148. The van der Waals surface area contributed by atoms with E-state index in [1.165, 1.54) is 0 Å². The number of aromatic nitrogens is 4. The number of benzene rings is 1. The molecule has 0 radical (unpaired) electrons. The molecular weight excluding hydrogens is 316 g/mol. The molecule has 0 bridgehead atoms. The Hall–Kier alpha value is -2.80. The zero-order chi connectivity index (χ0) is 17.2. The first-order valence-electron chi connectivity index (χ1n) is 8.44. The molecule has 7 heteroatoms. The van der Waals surface area contributed by atoms with Gasteiger partial charge in [-0.2, -0.15) is 4.52 Å². The van der Waals surface area contributed by atoms with Crippen LogP contribution < -0.4 is 0 Å². The van der Waals surface area contributed by atoms with Crippen LogP contribution in [0.1, 0.15) is 12.5 Å². The number of piperazine rings is 1. The van der Waals surface area contributed by atoms with Crippen molar-refractivity contribution in [3.63, 3.8) is 0 Å². The summed E-state index contributed by atoms with van der Waals surface area (Å²) < 4.78 is 1.74. The first kappa shape index (κ1) is 15.7. The van der Waals surface area contributed by atoms with Crippen molar-refractivity contribution in [2.24, 2.45) is 0 Å². The van der Waals surface area contributed by atoms with Gasteiger partial charge in [-0.15, -0.1) is 5.10 Å². The van der Waals surface area contributed by atoms with Crippen LogP contribution in [-0.2, 0) is 11.3 Å². The molecule has 0 unspecified atom stereocenters. The van der Waals surface area contributed by atoms with E-state index in [1.807, 2.05) is 29.3 Å². The number of fused-ring (bicyclic) bond motifs is 1. The third kappa shape index (κ3) is 3.23. The maximum Gasteiger partial charge on any atom is 0.219 e. The quantitative estimate of drug-likeness (QED) is 0.724. The van der Waals surface area contributed by atoms with Crippen molar-refractivity contribution in [3.05, 3.63) is 48.2 Å². The maximum atomic E-state index is 11.5. The lowest BCUT2D eigenvalue weighted by atomic mass is 10.1. The van der Waals surface area contributed by atoms with Crippen molar-refractivity contribution in [1.82, 2.24) is 29.8 Å². The normalized spacial score (nSPS) is 15.6. The Morgan fingerprint density at radius 3 is 2.56 bits per heavy atom. The van der Waals surface area contributed by atoms with Gasteiger partial charge in [0.25, 0.3) is 0 Å². The zero-order valence-corrected chi connectivity index (χ0v) is 14.2. The van der Waals surface area contributed by atoms with Crippen LogP contribution in [0.5, 0.6) is 0 Å². The summed E-state index contributed by atoms with van der Waals surface area (Å²) in [5.74, 6) is 0.148. The van der Waals surface area contributed by atoms with Crippen molar-refractivity contribution in [3.8, 4) is 11.1 Å². The number of pyridine rings is 1. The maximum absolute atomic E-state index is 11.5. The van der Waals surface area contributed by atoms with E-state index in [-0.39, 0.29) is 5.91 Å². The molecule has 2 aromatic heterocycles. The number of amides is 1. The molecule has 128 valence electrons. The minimum Gasteiger partial charge on any atom is -0.340 e. The van der Waals surface area contributed by atoms with Crippen LogP contribution in [0.15, 0.2) is 42.6 Å². The van der Waals surface area contributed by atoms with Crippen molar-refractivity contribution in [2.75, 3.05) is 26.2 Å². The van der Waals surface area contributed by atoms with Crippen LogP contribution in [0.3, 0.4) is 0 Å². The lowest BCUT2D eigenvalue weighted by molar-refractivity contribution is -0.130. The van der Waals surface area contributed by atoms with Gasteiger partial charge in [0.2, 0.25) is 5.91 Å². The number of hydrogen-bond acceptors (Lipinski definition) is 5. The third-order valence-corrected chi connectivity index (χ3v) is 4.69. The second-order valence-corrected chi connectivity index (χ2v) is 6.35. The molecule has 7 nitrogen and oxygen atoms in total. The highest BCUT2D eigenvalue weighted by Gasteiger charge is 2.20. The van der Waals surface area contributed by atoms with E-state index in [2.05, 4.69) is 38.6 Å². The van der Waals surface area contributed by atoms with Gasteiger partial charge in [0, 0.05) is 57.0 Å². The molecular formula is C18H20N6O. The van der Waals surface area contributed by atoms with E-state index in [9.17, 15) is 4.79 Å². The minimum atomic E-state index is 0.148. The first-order chi connectivity index (χ1) is 12.2. The summed E-state index contributed by atoms with van der Waals surface area (Å²) >= 11 is 0. The molecule has 4 rings (SSSR count). The molecule has 3 aromatic rings. The summed E-state index contributed by atoms with van der Waals surface area (Å²) in [7, 11) is 0. The molecule has 3 heterocycles. The Kier molecular flexibility index (Phi) is 4.15. The van der Waals surface area contributed by atoms with Gasteiger partial charge in [-0.05, 0) is 22.1 Å². The monoisotopic (exact) mass is 336 g/mol. The Morgan fingerprint density at radius 1 is 1.08 bits per heavy atom. The predicted octanol–water partition coefficient (Wildman–Crippen LogP) is 1.46. The summed E-state index contributed by atoms with van der Waals surface area (Å²) in [5.41, 5.74) is 4.12. The van der Waals surface area contributed by atoms with Crippen molar-refractivity contribution < 1.29 is 4.79 Å². The molecule has 0 N–H and O–H groups in total. The van der Waals surface area contributed by atoms with E-state index in [1.54, 1.807) is 11.4 Å². The summed E-state index contributed by atoms with van der Waals surface area (Å²) in [5, 5.41) is 12.1. The molecule has 1 aromatic carbocycles. The van der Waals surface area contributed by atoms with Gasteiger partial charge in [-0.3, -0.25) is 9.69 Å². The van der Waals surface area contributed by atoms with Crippen molar-refractivity contribution in [1.29, 1.82) is 0 Å². The van der Waals surface area contributed by atoms with E-state index < -0.39 is 0 Å². The molecule has 0 atom stereocenters. The Bertz CT molecular complexity index is 883. The Labute approximate surface area is 145 Å². The van der Waals surface area contributed by atoms with Crippen molar-refractivity contribution >= 4 is 11.6 Å². The van der Waals surface area contributed by atoms with Gasteiger partial charge in [0.1, 0.15) is 0 Å². The second kappa shape index (κ2) is 6.60. The topological polar surface area (TPSA) is 66.6 Å². The summed E-state index contributed by atoms with van der Waals surface area (Å²) in [6.07, 6.45) is 1.96. The standard InChI is InChI=1S/C18H20N6O/c1-14(25)23-9-7-22(8-10-23)12-17-11-16(15-5-3-2-4-6-15)13-24-18(17)19-20-21-24/h2-6,11,13H,7-10,12H2,1H3. The highest BCUT2D eigenvalue weighted by Crippen LogP contribution is 2.23. The van der Waals surface area contributed by atoms with Gasteiger partial charge >= 0.3 is 0 Å². The number of rotatable bonds is 3. The highest BCUT2D eigenvalue weighted by atomic mass is 16.2. The van der Waals surface area contributed by atoms with E-state index >= 15 is 0 Å². The third-order valence-electron chi connectivity index (χ3n) is 4.69. The van der Waals surface area contributed by atoms with E-state index in [4.69, 9.17) is 0 Å². The molecule has 0 spiro atoms. The van der Waals surface area contributed by atoms with Crippen LogP contribution in [0, 0.1) is 0 Å². The van der Waals surface area contributed by atoms with Gasteiger partial charge in [-0.1, -0.05) is 30.3 Å². The zero-order valence-electron chi connectivity index (χ0n) is 14.2. The summed E-state index contributed by atoms with van der Waals surface area (Å²) in [6, 6.07) is 12.4. The second-order valence-electron chi connectivity index (χ2n) is 6.35. The number of hydrogen-bond donors (Lipinski definition) is 0. The Balaban J connectivity index is 1.61. The highest BCUT2D eigenvalue weighted by molar-refractivity contribution is 5.73. The largest absolute Gasteiger partial charge is 0.340 e. The molecule has 1 aliphatic heterocycles. The van der Waals surface area contributed by atoms with Gasteiger partial charge in [0.05, 0.1) is 0 Å². The van der Waals surface area contributed by atoms with Crippen LogP contribution in [0.4, 0.5) is 0 Å². The average molecular weight is 336 g/mol. The fraction of sp³-hybridized carbons (Fsp3) is 0.333. The predicted molar refractivity (Wildman–Crippen MR) is 93.7 cm³/mol. The van der Waals surface area contributed by atoms with Crippen LogP contribution >= 0.6 is 0 Å². The molecule has 1 aliphatic rings. The average Bonchev–Trinajstić information content (AvgIpc) is 3.12. The lowest BCUT2D eigenvalue weighted by Gasteiger charge is -2.34. The molecule has 1 fully saturated rings. The number of tetrazole rings is 1. The Morgan fingerprint density at radius 2 is 1.84 bits per heavy atom. The molecule has 1 amide bonds. The number of carbonyl (C=O) groups is 1. The first-order valence-corrected chi connectivity index (χ1v) is 8.44. The number of carbonyl (C=O) groups excluding carboxylic acids is 1. The lowest BCUT2D eigenvalue weighted by Crippen LogP contribution is -2.47. The fourth-order valence-corrected chi connectivity index (χ4v) is 3.28. The molecule has 0 aliphatic carbocycles. The van der Waals surface area contributed by atoms with Gasteiger partial charge < -0.3 is 4.90 Å². The van der Waals surface area contributed by atoms with Crippen molar-refractivity contribution in [2.45, 2.75) is 13.5 Å². The SMILES string of the molecule is CC(=O)N1CCN(Cc2cc(-c3ccccc3)cn3nnnc23)CC1. The van der Waals surface area contributed by atoms with E-state index in [0.717, 1.165) is 55.1 Å². The van der Waals surface area contributed by atoms with Crippen LogP contribution in [0.25, 0.3) is 16.8 Å². The summed E-state index contributed by atoms with van der Waals surface area (Å²) in [4.78, 5) is 15.7. The van der Waals surface area contributed by atoms with Crippen LogP contribution in [0.2, 0.25) is 0 Å².